The quantitative estimate of drug-likeness (QED) is 0.791. The first-order chi connectivity index (χ1) is 10.00. The van der Waals surface area contributed by atoms with Crippen LogP contribution in [0.2, 0.25) is 0 Å². The first-order valence-corrected chi connectivity index (χ1v) is 7.98. The van der Waals surface area contributed by atoms with Gasteiger partial charge in [-0.15, -0.1) is 0 Å². The van der Waals surface area contributed by atoms with E-state index in [1.807, 2.05) is 0 Å². The molecule has 0 spiro atoms. The van der Waals surface area contributed by atoms with E-state index in [2.05, 4.69) is 9.71 Å². The van der Waals surface area contributed by atoms with Crippen molar-refractivity contribution >= 4 is 21.4 Å². The predicted molar refractivity (Wildman–Crippen MR) is 82.8 cm³/mol. The zero-order valence-electron chi connectivity index (χ0n) is 11.6. The molecule has 2 aromatic rings. The maximum atomic E-state index is 12.1. The molecule has 0 unspecified atom stereocenters. The maximum Gasteiger partial charge on any atom is 0.233 e. The SMILES string of the molecule is COc1ccc(NS(=O)(=O)CCc2ccncc2)c(N)c1. The van der Waals surface area contributed by atoms with Crippen LogP contribution in [0.1, 0.15) is 5.56 Å². The smallest absolute Gasteiger partial charge is 0.233 e. The normalized spacial score (nSPS) is 11.1. The standard InChI is InChI=1S/C14H17N3O3S/c1-20-12-2-3-14(13(15)10-12)17-21(18,19)9-6-11-4-7-16-8-5-11/h2-5,7-8,10,17H,6,9,15H2,1H3. The molecule has 3 N–H and O–H groups in total. The number of nitrogen functional groups attached to an aromatic ring is 1. The molecule has 1 heterocycles. The molecule has 0 aliphatic heterocycles. The van der Waals surface area contributed by atoms with Crippen LogP contribution in [-0.2, 0) is 16.4 Å². The highest BCUT2D eigenvalue weighted by Gasteiger charge is 2.13. The van der Waals surface area contributed by atoms with Crippen LogP contribution in [0.4, 0.5) is 11.4 Å². The fraction of sp³-hybridized carbons (Fsp3) is 0.214. The van der Waals surface area contributed by atoms with Gasteiger partial charge >= 0.3 is 0 Å². The van der Waals surface area contributed by atoms with Gasteiger partial charge in [-0.3, -0.25) is 9.71 Å². The monoisotopic (exact) mass is 307 g/mol. The van der Waals surface area contributed by atoms with Crippen LogP contribution in [0.3, 0.4) is 0 Å². The molecule has 0 bridgehead atoms. The Labute approximate surface area is 124 Å². The van der Waals surface area contributed by atoms with Crippen molar-refractivity contribution in [1.82, 2.24) is 4.98 Å². The van der Waals surface area contributed by atoms with Gasteiger partial charge in [-0.05, 0) is 36.2 Å². The molecule has 0 amide bonds. The van der Waals surface area contributed by atoms with Gasteiger partial charge in [0.25, 0.3) is 0 Å². The minimum absolute atomic E-state index is 0.0253. The number of anilines is 2. The third-order valence-electron chi connectivity index (χ3n) is 2.93. The number of methoxy groups -OCH3 is 1. The van der Waals surface area contributed by atoms with Crippen LogP contribution in [0.15, 0.2) is 42.7 Å². The van der Waals surface area contributed by atoms with Gasteiger partial charge in [0.1, 0.15) is 5.75 Å². The lowest BCUT2D eigenvalue weighted by Gasteiger charge is -2.11. The van der Waals surface area contributed by atoms with E-state index in [0.29, 0.717) is 23.5 Å². The van der Waals surface area contributed by atoms with Gasteiger partial charge in [-0.25, -0.2) is 8.42 Å². The summed E-state index contributed by atoms with van der Waals surface area (Å²) in [5.74, 6) is 0.551. The number of aryl methyl sites for hydroxylation is 1. The molecule has 0 fully saturated rings. The lowest BCUT2D eigenvalue weighted by atomic mass is 10.2. The fourth-order valence-corrected chi connectivity index (χ4v) is 2.91. The number of nitrogens with two attached hydrogens (primary N) is 1. The number of ether oxygens (including phenoxy) is 1. The Morgan fingerprint density at radius 2 is 1.95 bits per heavy atom. The van der Waals surface area contributed by atoms with E-state index in [1.54, 1.807) is 42.7 Å². The molecule has 112 valence electrons. The van der Waals surface area contributed by atoms with Gasteiger partial charge in [-0.2, -0.15) is 0 Å². The van der Waals surface area contributed by atoms with Crippen molar-refractivity contribution in [3.05, 3.63) is 48.3 Å². The average Bonchev–Trinajstić information content (AvgIpc) is 2.48. The molecular weight excluding hydrogens is 290 g/mol. The summed E-state index contributed by atoms with van der Waals surface area (Å²) in [5, 5.41) is 0. The van der Waals surface area contributed by atoms with Crippen molar-refractivity contribution in [2.45, 2.75) is 6.42 Å². The van der Waals surface area contributed by atoms with Crippen LogP contribution in [-0.4, -0.2) is 26.3 Å². The molecule has 1 aromatic heterocycles. The van der Waals surface area contributed by atoms with Crippen molar-refractivity contribution in [3.63, 3.8) is 0 Å². The van der Waals surface area contributed by atoms with E-state index >= 15 is 0 Å². The second-order valence-corrected chi connectivity index (χ2v) is 6.32. The average molecular weight is 307 g/mol. The third-order valence-corrected chi connectivity index (χ3v) is 4.21. The van der Waals surface area contributed by atoms with Gasteiger partial charge in [0.2, 0.25) is 10.0 Å². The van der Waals surface area contributed by atoms with Gasteiger partial charge in [0.15, 0.2) is 0 Å². The van der Waals surface area contributed by atoms with Crippen molar-refractivity contribution in [2.24, 2.45) is 0 Å². The summed E-state index contributed by atoms with van der Waals surface area (Å²) in [6.07, 6.45) is 3.68. The van der Waals surface area contributed by atoms with Crippen molar-refractivity contribution < 1.29 is 13.2 Å². The summed E-state index contributed by atoms with van der Waals surface area (Å²) >= 11 is 0. The van der Waals surface area contributed by atoms with E-state index in [0.717, 1.165) is 5.56 Å². The molecule has 1 aromatic carbocycles. The highest BCUT2D eigenvalue weighted by Crippen LogP contribution is 2.25. The lowest BCUT2D eigenvalue weighted by Crippen LogP contribution is -2.19. The number of nitrogens with one attached hydrogen (secondary N) is 1. The summed E-state index contributed by atoms with van der Waals surface area (Å²) in [7, 11) is -1.94. The van der Waals surface area contributed by atoms with E-state index in [4.69, 9.17) is 10.5 Å². The Hall–Kier alpha value is -2.28. The van der Waals surface area contributed by atoms with E-state index in [9.17, 15) is 8.42 Å². The first kappa shape index (κ1) is 15.1. The number of rotatable bonds is 6. The van der Waals surface area contributed by atoms with Crippen LogP contribution >= 0.6 is 0 Å². The third kappa shape index (κ3) is 4.35. The molecule has 21 heavy (non-hydrogen) atoms. The Bertz CT molecular complexity index is 703. The number of aromatic nitrogens is 1. The van der Waals surface area contributed by atoms with Crippen molar-refractivity contribution in [2.75, 3.05) is 23.3 Å². The molecule has 0 saturated heterocycles. The van der Waals surface area contributed by atoms with Gasteiger partial charge in [0, 0.05) is 18.5 Å². The molecule has 0 saturated carbocycles. The zero-order valence-corrected chi connectivity index (χ0v) is 12.4. The number of sulfonamides is 1. The predicted octanol–water partition coefficient (Wildman–Crippen LogP) is 1.66. The number of hydrogen-bond donors (Lipinski definition) is 2. The van der Waals surface area contributed by atoms with Crippen LogP contribution in [0.5, 0.6) is 5.75 Å². The fourth-order valence-electron chi connectivity index (χ4n) is 1.78. The Kier molecular flexibility index (Phi) is 4.64. The van der Waals surface area contributed by atoms with Gasteiger partial charge in [0.05, 0.1) is 24.2 Å². The van der Waals surface area contributed by atoms with E-state index in [-0.39, 0.29) is 5.75 Å². The molecule has 6 nitrogen and oxygen atoms in total. The molecule has 0 atom stereocenters. The molecule has 0 aliphatic rings. The number of pyridine rings is 1. The largest absolute Gasteiger partial charge is 0.497 e. The Morgan fingerprint density at radius 1 is 1.24 bits per heavy atom. The summed E-state index contributed by atoms with van der Waals surface area (Å²) in [4.78, 5) is 3.89. The number of hydrogen-bond acceptors (Lipinski definition) is 5. The summed E-state index contributed by atoms with van der Waals surface area (Å²) < 4.78 is 31.6. The Balaban J connectivity index is 2.04. The maximum absolute atomic E-state index is 12.1. The number of benzene rings is 1. The summed E-state index contributed by atoms with van der Waals surface area (Å²) in [5.41, 5.74) is 7.38. The zero-order chi connectivity index (χ0) is 15.3. The highest BCUT2D eigenvalue weighted by molar-refractivity contribution is 7.92. The van der Waals surface area contributed by atoms with Crippen molar-refractivity contribution in [3.8, 4) is 5.75 Å². The van der Waals surface area contributed by atoms with Crippen LogP contribution in [0, 0.1) is 0 Å². The number of nitrogens with zero attached hydrogens (tertiary/aromatic N) is 1. The second kappa shape index (κ2) is 6.45. The molecule has 0 radical (unpaired) electrons. The molecule has 7 heteroatoms. The van der Waals surface area contributed by atoms with Crippen LogP contribution < -0.4 is 15.2 Å². The van der Waals surface area contributed by atoms with E-state index < -0.39 is 10.0 Å². The van der Waals surface area contributed by atoms with Gasteiger partial charge in [-0.1, -0.05) is 0 Å². The topological polar surface area (TPSA) is 94.3 Å². The highest BCUT2D eigenvalue weighted by atomic mass is 32.2. The minimum atomic E-state index is -3.47. The molecule has 0 aliphatic carbocycles. The van der Waals surface area contributed by atoms with Gasteiger partial charge < -0.3 is 10.5 Å². The van der Waals surface area contributed by atoms with Crippen LogP contribution in [0.25, 0.3) is 0 Å². The second-order valence-electron chi connectivity index (χ2n) is 4.48. The molecular formula is C14H17N3O3S. The first-order valence-electron chi connectivity index (χ1n) is 6.33. The summed E-state index contributed by atoms with van der Waals surface area (Å²) in [6, 6.07) is 8.38. The lowest BCUT2D eigenvalue weighted by molar-refractivity contribution is 0.415. The molecule has 2 rings (SSSR count). The summed E-state index contributed by atoms with van der Waals surface area (Å²) in [6.45, 7) is 0. The Morgan fingerprint density at radius 3 is 2.57 bits per heavy atom. The van der Waals surface area contributed by atoms with Crippen molar-refractivity contribution in [1.29, 1.82) is 0 Å². The minimum Gasteiger partial charge on any atom is -0.497 e. The van der Waals surface area contributed by atoms with E-state index in [1.165, 1.54) is 7.11 Å².